The van der Waals surface area contributed by atoms with E-state index in [1.165, 1.54) is 6.07 Å². The van der Waals surface area contributed by atoms with Crippen LogP contribution in [-0.4, -0.2) is 60.3 Å². The molecule has 31 heavy (non-hydrogen) atoms. The van der Waals surface area contributed by atoms with E-state index < -0.39 is 41.9 Å². The van der Waals surface area contributed by atoms with Gasteiger partial charge < -0.3 is 19.9 Å². The molecule has 3 fully saturated rings. The number of piperidine rings is 1. The third kappa shape index (κ3) is 4.29. The van der Waals surface area contributed by atoms with Crippen molar-refractivity contribution in [2.75, 3.05) is 26.3 Å². The molecule has 4 rings (SSSR count). The van der Waals surface area contributed by atoms with Gasteiger partial charge in [0.2, 0.25) is 0 Å². The van der Waals surface area contributed by atoms with Crippen LogP contribution in [-0.2, 0) is 4.74 Å². The van der Waals surface area contributed by atoms with Gasteiger partial charge in [-0.25, -0.2) is 9.18 Å². The van der Waals surface area contributed by atoms with Crippen LogP contribution in [0.15, 0.2) is 18.2 Å². The highest BCUT2D eigenvalue weighted by molar-refractivity contribution is 6.32. The minimum Gasteiger partial charge on any atom is -0.491 e. The lowest BCUT2D eigenvalue weighted by Crippen LogP contribution is -2.61. The standard InChI is InChI=1S/C20H23ClF4N2O4/c21-14-7-13(22)1-2-15(14)30-10-18(20(23,24)25)3-5-27(6-4-18)16(28)12-8-19(9-12)11-31-17(29)26-19/h1-2,7,12,16,28H,3-6,8-11H2,(H,26,29). The van der Waals surface area contributed by atoms with E-state index in [0.29, 0.717) is 12.8 Å². The molecule has 1 amide bonds. The van der Waals surface area contributed by atoms with Gasteiger partial charge in [-0.3, -0.25) is 4.90 Å². The van der Waals surface area contributed by atoms with E-state index in [4.69, 9.17) is 21.1 Å². The Hall–Kier alpha value is -1.78. The first-order chi connectivity index (χ1) is 14.5. The minimum absolute atomic E-state index is 0.00486. The number of carbonyl (C=O) groups excluding carboxylic acids is 1. The van der Waals surface area contributed by atoms with E-state index in [9.17, 15) is 27.5 Å². The number of alkyl halides is 3. The zero-order chi connectivity index (χ0) is 22.4. The molecule has 172 valence electrons. The fourth-order valence-corrected chi connectivity index (χ4v) is 4.92. The molecule has 0 radical (unpaired) electrons. The summed E-state index contributed by atoms with van der Waals surface area (Å²) in [6.45, 7) is -0.293. The van der Waals surface area contributed by atoms with Crippen LogP contribution in [0.5, 0.6) is 5.75 Å². The summed E-state index contributed by atoms with van der Waals surface area (Å²) in [6, 6.07) is 3.27. The van der Waals surface area contributed by atoms with Crippen LogP contribution in [0.1, 0.15) is 25.7 Å². The maximum atomic E-state index is 14.0. The fraction of sp³-hybridized carbons (Fsp3) is 0.650. The monoisotopic (exact) mass is 466 g/mol. The van der Waals surface area contributed by atoms with E-state index >= 15 is 0 Å². The minimum atomic E-state index is -4.51. The highest BCUT2D eigenvalue weighted by atomic mass is 35.5. The van der Waals surface area contributed by atoms with Crippen molar-refractivity contribution in [1.82, 2.24) is 10.2 Å². The van der Waals surface area contributed by atoms with Crippen LogP contribution in [0, 0.1) is 17.2 Å². The van der Waals surface area contributed by atoms with Crippen LogP contribution in [0.4, 0.5) is 22.4 Å². The van der Waals surface area contributed by atoms with Crippen molar-refractivity contribution in [2.45, 2.75) is 43.6 Å². The predicted octanol–water partition coefficient (Wildman–Crippen LogP) is 3.71. The smallest absolute Gasteiger partial charge is 0.407 e. The van der Waals surface area contributed by atoms with Crippen molar-refractivity contribution in [1.29, 1.82) is 0 Å². The summed E-state index contributed by atoms with van der Waals surface area (Å²) in [5, 5.41) is 13.3. The van der Waals surface area contributed by atoms with Gasteiger partial charge in [0.1, 0.15) is 36.4 Å². The summed E-state index contributed by atoms with van der Waals surface area (Å²) in [7, 11) is 0. The molecule has 2 saturated heterocycles. The molecule has 1 unspecified atom stereocenters. The Labute approximate surface area is 181 Å². The normalized spacial score (nSPS) is 29.2. The summed E-state index contributed by atoms with van der Waals surface area (Å²) >= 11 is 5.87. The van der Waals surface area contributed by atoms with Gasteiger partial charge in [0, 0.05) is 19.0 Å². The molecule has 11 heteroatoms. The van der Waals surface area contributed by atoms with Crippen molar-refractivity contribution in [3.8, 4) is 5.75 Å². The van der Waals surface area contributed by atoms with Crippen molar-refractivity contribution < 1.29 is 36.9 Å². The van der Waals surface area contributed by atoms with Crippen LogP contribution >= 0.6 is 11.6 Å². The second-order valence-electron chi connectivity index (χ2n) is 8.74. The number of cyclic esters (lactones) is 1. The van der Waals surface area contributed by atoms with Crippen LogP contribution in [0.3, 0.4) is 0 Å². The Morgan fingerprint density at radius 3 is 2.55 bits per heavy atom. The maximum absolute atomic E-state index is 14.0. The van der Waals surface area contributed by atoms with Gasteiger partial charge in [-0.05, 0) is 43.9 Å². The summed E-state index contributed by atoms with van der Waals surface area (Å²) in [5.41, 5.74) is -2.55. The Bertz CT molecular complexity index is 839. The molecule has 2 heterocycles. The second kappa shape index (κ2) is 7.97. The Balaban J connectivity index is 1.36. The van der Waals surface area contributed by atoms with E-state index in [2.05, 4.69) is 5.32 Å². The highest BCUT2D eigenvalue weighted by Crippen LogP contribution is 2.49. The first-order valence-electron chi connectivity index (χ1n) is 10.0. The number of carbonyl (C=O) groups is 1. The number of aliphatic hydroxyl groups excluding tert-OH is 1. The van der Waals surface area contributed by atoms with Crippen molar-refractivity contribution in [2.24, 2.45) is 11.3 Å². The van der Waals surface area contributed by atoms with Crippen LogP contribution in [0.25, 0.3) is 0 Å². The molecule has 0 aromatic heterocycles. The molecule has 0 bridgehead atoms. The Kier molecular flexibility index (Phi) is 5.76. The number of rotatable bonds is 5. The molecule has 1 aromatic carbocycles. The van der Waals surface area contributed by atoms with Crippen LogP contribution in [0.2, 0.25) is 5.02 Å². The lowest BCUT2D eigenvalue weighted by molar-refractivity contribution is -0.252. The predicted molar refractivity (Wildman–Crippen MR) is 102 cm³/mol. The first kappa shape index (κ1) is 22.4. The number of benzene rings is 1. The number of nitrogens with one attached hydrogen (secondary N) is 1. The average molecular weight is 467 g/mol. The number of halogens is 5. The molecule has 1 spiro atoms. The van der Waals surface area contributed by atoms with Gasteiger partial charge in [0.05, 0.1) is 10.6 Å². The number of hydrogen-bond acceptors (Lipinski definition) is 5. The third-order valence-corrected chi connectivity index (χ3v) is 7.00. The average Bonchev–Trinajstić information content (AvgIpc) is 3.07. The molecule has 1 saturated carbocycles. The Morgan fingerprint density at radius 1 is 1.32 bits per heavy atom. The maximum Gasteiger partial charge on any atom is 0.407 e. The van der Waals surface area contributed by atoms with Gasteiger partial charge in [-0.15, -0.1) is 0 Å². The van der Waals surface area contributed by atoms with Crippen LogP contribution < -0.4 is 10.1 Å². The lowest BCUT2D eigenvalue weighted by Gasteiger charge is -2.50. The first-order valence-corrected chi connectivity index (χ1v) is 10.4. The summed E-state index contributed by atoms with van der Waals surface area (Å²) in [5.74, 6) is -0.754. The molecule has 2 aliphatic heterocycles. The lowest BCUT2D eigenvalue weighted by atomic mass is 9.67. The van der Waals surface area contributed by atoms with E-state index in [1.54, 1.807) is 4.90 Å². The number of likely N-dealkylation sites (tertiary alicyclic amines) is 1. The van der Waals surface area contributed by atoms with Gasteiger partial charge in [-0.1, -0.05) is 11.6 Å². The number of nitrogens with zero attached hydrogens (tertiary/aromatic N) is 1. The zero-order valence-corrected chi connectivity index (χ0v) is 17.3. The van der Waals surface area contributed by atoms with Gasteiger partial charge in [0.15, 0.2) is 0 Å². The van der Waals surface area contributed by atoms with Crippen molar-refractivity contribution in [3.63, 3.8) is 0 Å². The Morgan fingerprint density at radius 2 is 2.00 bits per heavy atom. The van der Waals surface area contributed by atoms with Crippen molar-refractivity contribution in [3.05, 3.63) is 29.0 Å². The molecule has 1 atom stereocenters. The molecular formula is C20H23ClF4N2O4. The summed E-state index contributed by atoms with van der Waals surface area (Å²) < 4.78 is 65.3. The fourth-order valence-electron chi connectivity index (χ4n) is 4.70. The van der Waals surface area contributed by atoms with E-state index in [-0.39, 0.29) is 49.2 Å². The SMILES string of the molecule is O=C1NC2(CO1)CC(C(O)N1CCC(COc3ccc(F)cc3Cl)(C(F)(F)F)CC1)C2. The largest absolute Gasteiger partial charge is 0.491 e. The van der Waals surface area contributed by atoms with Crippen molar-refractivity contribution >= 4 is 17.7 Å². The third-order valence-electron chi connectivity index (χ3n) is 6.70. The molecule has 1 aromatic rings. The summed E-state index contributed by atoms with van der Waals surface area (Å²) in [6.07, 6.45) is -5.33. The topological polar surface area (TPSA) is 71.0 Å². The number of ether oxygens (including phenoxy) is 2. The number of amides is 1. The number of hydrogen-bond donors (Lipinski definition) is 2. The molecule has 3 aliphatic rings. The number of alkyl carbamates (subject to hydrolysis) is 1. The van der Waals surface area contributed by atoms with E-state index in [0.717, 1.165) is 12.1 Å². The molecule has 2 N–H and O–H groups in total. The summed E-state index contributed by atoms with van der Waals surface area (Å²) in [4.78, 5) is 12.9. The number of aliphatic hydroxyl groups is 1. The second-order valence-corrected chi connectivity index (χ2v) is 9.15. The van der Waals surface area contributed by atoms with E-state index in [1.807, 2.05) is 0 Å². The highest BCUT2D eigenvalue weighted by Gasteiger charge is 2.58. The van der Waals surface area contributed by atoms with Gasteiger partial charge >= 0.3 is 12.3 Å². The molecule has 6 nitrogen and oxygen atoms in total. The molecule has 1 aliphatic carbocycles. The zero-order valence-electron chi connectivity index (χ0n) is 16.6. The quantitative estimate of drug-likeness (QED) is 0.647. The van der Waals surface area contributed by atoms with Gasteiger partial charge in [0.25, 0.3) is 0 Å². The van der Waals surface area contributed by atoms with Gasteiger partial charge in [-0.2, -0.15) is 13.2 Å². The molecular weight excluding hydrogens is 444 g/mol.